The summed E-state index contributed by atoms with van der Waals surface area (Å²) in [5, 5.41) is 0. The number of benzene rings is 1. The van der Waals surface area contributed by atoms with Crippen LogP contribution in [0.4, 0.5) is 0 Å². The Hall–Kier alpha value is -1.81. The van der Waals surface area contributed by atoms with Crippen molar-refractivity contribution in [1.82, 2.24) is 14.5 Å². The monoisotopic (exact) mass is 325 g/mol. The lowest BCUT2D eigenvalue weighted by Gasteiger charge is -2.26. The molecule has 1 saturated carbocycles. The summed E-state index contributed by atoms with van der Waals surface area (Å²) in [7, 11) is 1.74. The average Bonchev–Trinajstić information content (AvgIpc) is 3.36. The lowest BCUT2D eigenvalue weighted by molar-refractivity contribution is 0.239. The summed E-state index contributed by atoms with van der Waals surface area (Å²) in [5.41, 5.74) is 2.75. The van der Waals surface area contributed by atoms with Crippen molar-refractivity contribution < 1.29 is 4.74 Å². The minimum Gasteiger partial charge on any atom is -0.497 e. The maximum absolute atomic E-state index is 5.41. The molecule has 1 aromatic heterocycles. The minimum absolute atomic E-state index is 0.493. The molecule has 2 aliphatic rings. The van der Waals surface area contributed by atoms with Gasteiger partial charge in [-0.05, 0) is 49.9 Å². The van der Waals surface area contributed by atoms with E-state index >= 15 is 0 Å². The highest BCUT2D eigenvalue weighted by molar-refractivity contribution is 5.31. The molecule has 2 heterocycles. The Morgan fingerprint density at radius 3 is 2.88 bits per heavy atom. The van der Waals surface area contributed by atoms with Gasteiger partial charge in [-0.1, -0.05) is 25.0 Å². The third-order valence-corrected chi connectivity index (χ3v) is 5.67. The first kappa shape index (κ1) is 15.7. The SMILES string of the molecule is COc1cccc([C@H]2CCCN2Cc2cncn2C2CCCC2)c1. The van der Waals surface area contributed by atoms with Crippen LogP contribution >= 0.6 is 0 Å². The van der Waals surface area contributed by atoms with Crippen molar-refractivity contribution in [3.8, 4) is 5.75 Å². The number of likely N-dealkylation sites (tertiary alicyclic amines) is 1. The van der Waals surface area contributed by atoms with Crippen molar-refractivity contribution in [3.63, 3.8) is 0 Å². The van der Waals surface area contributed by atoms with E-state index in [1.807, 2.05) is 12.4 Å². The Morgan fingerprint density at radius 1 is 1.17 bits per heavy atom. The second-order valence-electron chi connectivity index (χ2n) is 7.14. The number of aromatic nitrogens is 2. The zero-order valence-corrected chi connectivity index (χ0v) is 14.5. The van der Waals surface area contributed by atoms with Crippen LogP contribution in [0.5, 0.6) is 5.75 Å². The summed E-state index contributed by atoms with van der Waals surface area (Å²) >= 11 is 0. The fourth-order valence-corrected chi connectivity index (χ4v) is 4.42. The minimum atomic E-state index is 0.493. The maximum atomic E-state index is 5.41. The van der Waals surface area contributed by atoms with Crippen molar-refractivity contribution >= 4 is 0 Å². The first-order valence-corrected chi connectivity index (χ1v) is 9.24. The molecule has 4 nitrogen and oxygen atoms in total. The molecule has 4 rings (SSSR count). The number of rotatable bonds is 5. The molecule has 24 heavy (non-hydrogen) atoms. The molecule has 4 heteroatoms. The lowest BCUT2D eigenvalue weighted by atomic mass is 10.0. The van der Waals surface area contributed by atoms with Gasteiger partial charge in [0.2, 0.25) is 0 Å². The quantitative estimate of drug-likeness (QED) is 0.819. The van der Waals surface area contributed by atoms with Gasteiger partial charge in [0.05, 0.1) is 19.1 Å². The molecule has 128 valence electrons. The molecule has 1 saturated heterocycles. The summed E-state index contributed by atoms with van der Waals surface area (Å²) < 4.78 is 7.85. The second kappa shape index (κ2) is 6.98. The molecule has 2 fully saturated rings. The molecule has 0 unspecified atom stereocenters. The average molecular weight is 325 g/mol. The number of ether oxygens (including phenoxy) is 1. The van der Waals surface area contributed by atoms with E-state index < -0.39 is 0 Å². The number of hydrogen-bond donors (Lipinski definition) is 0. The highest BCUT2D eigenvalue weighted by atomic mass is 16.5. The third-order valence-electron chi connectivity index (χ3n) is 5.67. The van der Waals surface area contributed by atoms with Gasteiger partial charge in [0.1, 0.15) is 5.75 Å². The van der Waals surface area contributed by atoms with Gasteiger partial charge in [-0.3, -0.25) is 4.90 Å². The first-order valence-electron chi connectivity index (χ1n) is 9.24. The normalized spacial score (nSPS) is 22.3. The zero-order valence-electron chi connectivity index (χ0n) is 14.5. The topological polar surface area (TPSA) is 30.3 Å². The fraction of sp³-hybridized carbons (Fsp3) is 0.550. The van der Waals surface area contributed by atoms with Crippen molar-refractivity contribution in [2.45, 2.75) is 57.2 Å². The van der Waals surface area contributed by atoms with E-state index in [0.29, 0.717) is 12.1 Å². The van der Waals surface area contributed by atoms with Crippen LogP contribution in [0.15, 0.2) is 36.8 Å². The van der Waals surface area contributed by atoms with Gasteiger partial charge < -0.3 is 9.30 Å². The molecule has 1 atom stereocenters. The van der Waals surface area contributed by atoms with Crippen LogP contribution in [0.25, 0.3) is 0 Å². The summed E-state index contributed by atoms with van der Waals surface area (Å²) in [6, 6.07) is 9.72. The Labute approximate surface area is 144 Å². The van der Waals surface area contributed by atoms with Crippen molar-refractivity contribution in [2.24, 2.45) is 0 Å². The van der Waals surface area contributed by atoms with Crippen molar-refractivity contribution in [3.05, 3.63) is 48.0 Å². The van der Waals surface area contributed by atoms with E-state index in [-0.39, 0.29) is 0 Å². The second-order valence-corrected chi connectivity index (χ2v) is 7.14. The summed E-state index contributed by atoms with van der Waals surface area (Å²) in [5.74, 6) is 0.954. The van der Waals surface area contributed by atoms with Crippen molar-refractivity contribution in [1.29, 1.82) is 0 Å². The molecule has 0 radical (unpaired) electrons. The van der Waals surface area contributed by atoms with Crippen LogP contribution in [0.3, 0.4) is 0 Å². The number of methoxy groups -OCH3 is 1. The molecule has 1 aromatic carbocycles. The molecule has 2 aromatic rings. The standard InChI is InChI=1S/C20H27N3O/c1-24-19-9-4-6-16(12-19)20-10-5-11-22(20)14-18-13-21-15-23(18)17-7-2-3-8-17/h4,6,9,12-13,15,17,20H,2-3,5,7-8,10-11,14H2,1H3/t20-/m1/s1. The van der Waals surface area contributed by atoms with Gasteiger partial charge in [-0.15, -0.1) is 0 Å². The van der Waals surface area contributed by atoms with Gasteiger partial charge in [-0.2, -0.15) is 0 Å². The smallest absolute Gasteiger partial charge is 0.119 e. The van der Waals surface area contributed by atoms with E-state index in [1.165, 1.54) is 49.8 Å². The van der Waals surface area contributed by atoms with Crippen LogP contribution in [0.1, 0.15) is 61.9 Å². The van der Waals surface area contributed by atoms with Crippen LogP contribution in [-0.2, 0) is 6.54 Å². The highest BCUT2D eigenvalue weighted by Crippen LogP contribution is 2.36. The number of nitrogens with zero attached hydrogens (tertiary/aromatic N) is 3. The van der Waals surface area contributed by atoms with Gasteiger partial charge in [-0.25, -0.2) is 4.98 Å². The van der Waals surface area contributed by atoms with E-state index in [9.17, 15) is 0 Å². The Kier molecular flexibility index (Phi) is 4.56. The van der Waals surface area contributed by atoms with Crippen LogP contribution in [-0.4, -0.2) is 28.1 Å². The zero-order chi connectivity index (χ0) is 16.4. The molecule has 0 bridgehead atoms. The molecule has 0 amide bonds. The summed E-state index contributed by atoms with van der Waals surface area (Å²) in [6.07, 6.45) is 11.9. The van der Waals surface area contributed by atoms with E-state index in [4.69, 9.17) is 4.74 Å². The Morgan fingerprint density at radius 2 is 2.04 bits per heavy atom. The summed E-state index contributed by atoms with van der Waals surface area (Å²) in [6.45, 7) is 2.16. The number of hydrogen-bond acceptors (Lipinski definition) is 3. The number of imidazole rings is 1. The van der Waals surface area contributed by atoms with Gasteiger partial charge >= 0.3 is 0 Å². The maximum Gasteiger partial charge on any atom is 0.119 e. The van der Waals surface area contributed by atoms with E-state index in [2.05, 4.69) is 38.8 Å². The largest absolute Gasteiger partial charge is 0.497 e. The Bertz CT molecular complexity index is 675. The van der Waals surface area contributed by atoms with E-state index in [0.717, 1.165) is 18.8 Å². The predicted octanol–water partition coefficient (Wildman–Crippen LogP) is 4.34. The predicted molar refractivity (Wildman–Crippen MR) is 95.1 cm³/mol. The third kappa shape index (κ3) is 3.07. The molecule has 1 aliphatic heterocycles. The highest BCUT2D eigenvalue weighted by Gasteiger charge is 2.28. The lowest BCUT2D eigenvalue weighted by Crippen LogP contribution is -2.24. The van der Waals surface area contributed by atoms with E-state index in [1.54, 1.807) is 7.11 Å². The summed E-state index contributed by atoms with van der Waals surface area (Å²) in [4.78, 5) is 7.06. The van der Waals surface area contributed by atoms with Crippen LogP contribution < -0.4 is 4.74 Å². The van der Waals surface area contributed by atoms with Crippen molar-refractivity contribution in [2.75, 3.05) is 13.7 Å². The van der Waals surface area contributed by atoms with Gasteiger partial charge in [0.15, 0.2) is 0 Å². The molecule has 0 spiro atoms. The first-order chi connectivity index (χ1) is 11.8. The van der Waals surface area contributed by atoms with Crippen LogP contribution in [0, 0.1) is 0 Å². The fourth-order valence-electron chi connectivity index (χ4n) is 4.42. The molecular weight excluding hydrogens is 298 g/mol. The molecule has 1 aliphatic carbocycles. The van der Waals surface area contributed by atoms with Gasteiger partial charge in [0, 0.05) is 24.8 Å². The van der Waals surface area contributed by atoms with Crippen LogP contribution in [0.2, 0.25) is 0 Å². The Balaban J connectivity index is 1.52. The molecule has 0 N–H and O–H groups in total. The van der Waals surface area contributed by atoms with Gasteiger partial charge in [0.25, 0.3) is 0 Å². The molecular formula is C20H27N3O.